The van der Waals surface area contributed by atoms with Crippen LogP contribution in [0.4, 0.5) is 5.69 Å². The summed E-state index contributed by atoms with van der Waals surface area (Å²) in [5, 5.41) is 3.53. The number of halogens is 2. The predicted molar refractivity (Wildman–Crippen MR) is 144 cm³/mol. The van der Waals surface area contributed by atoms with Crippen LogP contribution in [0.25, 0.3) is 10.9 Å². The van der Waals surface area contributed by atoms with Crippen LogP contribution in [0, 0.1) is 0 Å². The number of carbonyl (C=O) groups is 2. The predicted octanol–water partition coefficient (Wildman–Crippen LogP) is 6.83. The third kappa shape index (κ3) is 5.16. The number of aromatic nitrogens is 1. The maximum absolute atomic E-state index is 13.4. The molecule has 0 saturated carbocycles. The van der Waals surface area contributed by atoms with E-state index in [4.69, 9.17) is 9.72 Å². The van der Waals surface area contributed by atoms with Gasteiger partial charge >= 0.3 is 5.97 Å². The first-order valence-electron chi connectivity index (χ1n) is 11.4. The van der Waals surface area contributed by atoms with Gasteiger partial charge in [-0.15, -0.1) is 0 Å². The van der Waals surface area contributed by atoms with Gasteiger partial charge in [0.25, 0.3) is 5.91 Å². The van der Waals surface area contributed by atoms with Gasteiger partial charge in [0.05, 0.1) is 16.8 Å². The van der Waals surface area contributed by atoms with Crippen LogP contribution in [0.3, 0.4) is 0 Å². The van der Waals surface area contributed by atoms with Gasteiger partial charge < -0.3 is 10.1 Å². The van der Waals surface area contributed by atoms with Crippen molar-refractivity contribution in [2.24, 2.45) is 0 Å². The number of aryl methyl sites for hydroxylation is 1. The fourth-order valence-electron chi connectivity index (χ4n) is 4.61. The minimum absolute atomic E-state index is 0.302. The van der Waals surface area contributed by atoms with Crippen molar-refractivity contribution in [3.63, 3.8) is 0 Å². The molecule has 0 aliphatic heterocycles. The molecule has 1 unspecified atom stereocenters. The van der Waals surface area contributed by atoms with Crippen LogP contribution in [0.5, 0.6) is 0 Å². The van der Waals surface area contributed by atoms with Gasteiger partial charge in [0.15, 0.2) is 6.61 Å². The summed E-state index contributed by atoms with van der Waals surface area (Å²) in [6.07, 6.45) is 2.47. The zero-order valence-electron chi connectivity index (χ0n) is 18.8. The van der Waals surface area contributed by atoms with Gasteiger partial charge in [-0.25, -0.2) is 4.79 Å². The largest absolute Gasteiger partial charge is 0.452 e. The minimum atomic E-state index is -0.501. The fourth-order valence-corrected chi connectivity index (χ4v) is 5.76. The van der Waals surface area contributed by atoms with Crippen molar-refractivity contribution in [3.8, 4) is 0 Å². The normalized spacial score (nSPS) is 14.9. The summed E-state index contributed by atoms with van der Waals surface area (Å²) in [6.45, 7) is -0.380. The second kappa shape index (κ2) is 10.3. The monoisotopic (exact) mass is 592 g/mol. The van der Waals surface area contributed by atoms with Gasteiger partial charge in [-0.3, -0.25) is 9.78 Å². The van der Waals surface area contributed by atoms with Crippen molar-refractivity contribution in [3.05, 3.63) is 104 Å². The average molecular weight is 594 g/mol. The molecule has 7 heteroatoms. The highest BCUT2D eigenvalue weighted by Gasteiger charge is 2.28. The molecule has 1 amide bonds. The van der Waals surface area contributed by atoms with Crippen molar-refractivity contribution >= 4 is 60.3 Å². The zero-order chi connectivity index (χ0) is 24.4. The zero-order valence-corrected chi connectivity index (χ0v) is 21.9. The summed E-state index contributed by atoms with van der Waals surface area (Å²) in [4.78, 5) is 30.8. The van der Waals surface area contributed by atoms with Crippen LogP contribution in [-0.4, -0.2) is 23.5 Å². The van der Waals surface area contributed by atoms with Crippen LogP contribution in [0.15, 0.2) is 81.7 Å². The first-order valence-corrected chi connectivity index (χ1v) is 13.0. The second-order valence-electron chi connectivity index (χ2n) is 8.53. The topological polar surface area (TPSA) is 68.3 Å². The SMILES string of the molecule is O=C(COC(=O)c1c2c(nc3ccccc13)CCC(c1ccccc1)C2)Nc1ccc(Br)cc1Br. The summed E-state index contributed by atoms with van der Waals surface area (Å²) in [5.74, 6) is -0.606. The Labute approximate surface area is 220 Å². The second-order valence-corrected chi connectivity index (χ2v) is 10.3. The summed E-state index contributed by atoms with van der Waals surface area (Å²) >= 11 is 6.82. The molecule has 3 aromatic carbocycles. The van der Waals surface area contributed by atoms with E-state index < -0.39 is 11.9 Å². The van der Waals surface area contributed by atoms with Crippen LogP contribution < -0.4 is 5.32 Å². The van der Waals surface area contributed by atoms with Gasteiger partial charge in [0, 0.05) is 20.0 Å². The molecular weight excluding hydrogens is 572 g/mol. The van der Waals surface area contributed by atoms with Gasteiger partial charge in [-0.1, -0.05) is 64.5 Å². The number of anilines is 1. The Morgan fingerprint density at radius 3 is 2.57 bits per heavy atom. The Bertz CT molecular complexity index is 1420. The van der Waals surface area contributed by atoms with E-state index >= 15 is 0 Å². The number of benzene rings is 3. The molecule has 0 spiro atoms. The van der Waals surface area contributed by atoms with Crippen LogP contribution >= 0.6 is 31.9 Å². The van der Waals surface area contributed by atoms with Gasteiger partial charge in [0.1, 0.15) is 0 Å². The van der Waals surface area contributed by atoms with E-state index in [-0.39, 0.29) is 6.61 Å². The number of para-hydroxylation sites is 1. The molecule has 1 N–H and O–H groups in total. The summed E-state index contributed by atoms with van der Waals surface area (Å²) < 4.78 is 7.15. The summed E-state index contributed by atoms with van der Waals surface area (Å²) in [6, 6.07) is 23.4. The maximum Gasteiger partial charge on any atom is 0.339 e. The molecule has 1 aromatic heterocycles. The number of amides is 1. The highest BCUT2D eigenvalue weighted by Crippen LogP contribution is 2.36. The van der Waals surface area contributed by atoms with Gasteiger partial charge in [-0.2, -0.15) is 0 Å². The van der Waals surface area contributed by atoms with Gasteiger partial charge in [0.2, 0.25) is 0 Å². The third-order valence-corrected chi connectivity index (χ3v) is 7.42. The van der Waals surface area contributed by atoms with Crippen LogP contribution in [0.2, 0.25) is 0 Å². The standard InChI is InChI=1S/C28H22Br2N2O3/c29-19-11-13-25(22(30)15-19)32-26(33)16-35-28(34)27-20-8-4-5-9-23(20)31-24-12-10-18(14-21(24)27)17-6-2-1-3-7-17/h1-9,11,13,15,18H,10,12,14,16H2,(H,32,33). The molecule has 0 bridgehead atoms. The molecule has 4 aromatic rings. The van der Waals surface area contributed by atoms with Crippen molar-refractivity contribution in [2.75, 3.05) is 11.9 Å². The van der Waals surface area contributed by atoms with Crippen LogP contribution in [0.1, 0.15) is 39.5 Å². The molecule has 5 rings (SSSR count). The molecule has 0 radical (unpaired) electrons. The smallest absolute Gasteiger partial charge is 0.339 e. The third-order valence-electron chi connectivity index (χ3n) is 6.27. The first kappa shape index (κ1) is 23.7. The lowest BCUT2D eigenvalue weighted by atomic mass is 9.80. The number of ether oxygens (including phenoxy) is 1. The van der Waals surface area contributed by atoms with E-state index in [0.717, 1.165) is 43.9 Å². The Hall–Kier alpha value is -3.03. The highest BCUT2D eigenvalue weighted by molar-refractivity contribution is 9.11. The van der Waals surface area contributed by atoms with Crippen molar-refractivity contribution in [1.29, 1.82) is 0 Å². The number of carbonyl (C=O) groups excluding carboxylic acids is 2. The molecule has 0 saturated heterocycles. The van der Waals surface area contributed by atoms with E-state index in [1.54, 1.807) is 6.07 Å². The molecule has 35 heavy (non-hydrogen) atoms. The van der Waals surface area contributed by atoms with Crippen molar-refractivity contribution < 1.29 is 14.3 Å². The molecule has 176 valence electrons. The molecule has 0 fully saturated rings. The number of esters is 1. The minimum Gasteiger partial charge on any atom is -0.452 e. The fraction of sp³-hybridized carbons (Fsp3) is 0.179. The molecule has 1 atom stereocenters. The Balaban J connectivity index is 1.41. The Kier molecular flexibility index (Phi) is 6.97. The Morgan fingerprint density at radius 2 is 1.77 bits per heavy atom. The van der Waals surface area contributed by atoms with E-state index in [1.807, 2.05) is 54.6 Å². The lowest BCUT2D eigenvalue weighted by molar-refractivity contribution is -0.119. The van der Waals surface area contributed by atoms with E-state index in [9.17, 15) is 9.59 Å². The summed E-state index contributed by atoms with van der Waals surface area (Å²) in [5.41, 5.74) is 5.00. The van der Waals surface area contributed by atoms with Crippen LogP contribution in [-0.2, 0) is 22.4 Å². The van der Waals surface area contributed by atoms with E-state index in [1.165, 1.54) is 5.56 Å². The number of pyridine rings is 1. The highest BCUT2D eigenvalue weighted by atomic mass is 79.9. The number of nitrogens with one attached hydrogen (secondary N) is 1. The molecule has 1 aliphatic carbocycles. The van der Waals surface area contributed by atoms with E-state index in [2.05, 4.69) is 49.3 Å². The van der Waals surface area contributed by atoms with Crippen molar-refractivity contribution in [2.45, 2.75) is 25.2 Å². The lowest BCUT2D eigenvalue weighted by Gasteiger charge is -2.27. The maximum atomic E-state index is 13.4. The van der Waals surface area contributed by atoms with E-state index in [0.29, 0.717) is 23.6 Å². The average Bonchev–Trinajstić information content (AvgIpc) is 2.87. The molecular formula is C28H22Br2N2O3. The quantitative estimate of drug-likeness (QED) is 0.258. The number of fused-ring (bicyclic) bond motifs is 2. The molecule has 1 aliphatic rings. The number of rotatable bonds is 5. The summed E-state index contributed by atoms with van der Waals surface area (Å²) in [7, 11) is 0. The van der Waals surface area contributed by atoms with Gasteiger partial charge in [-0.05, 0) is 76.5 Å². The lowest BCUT2D eigenvalue weighted by Crippen LogP contribution is -2.24. The number of nitrogens with zero attached hydrogens (tertiary/aromatic N) is 1. The number of hydrogen-bond acceptors (Lipinski definition) is 4. The first-order chi connectivity index (χ1) is 17.0. The molecule has 5 nitrogen and oxygen atoms in total. The number of hydrogen-bond donors (Lipinski definition) is 1. The van der Waals surface area contributed by atoms with Crippen molar-refractivity contribution in [1.82, 2.24) is 4.98 Å². The Morgan fingerprint density at radius 1 is 1.00 bits per heavy atom. The molecule has 1 heterocycles.